The molecule has 1 N–H and O–H groups in total. The van der Waals surface area contributed by atoms with Gasteiger partial charge in [-0.3, -0.25) is 9.59 Å². The molecule has 35 heavy (non-hydrogen) atoms. The van der Waals surface area contributed by atoms with Gasteiger partial charge in [0.15, 0.2) is 6.61 Å². The van der Waals surface area contributed by atoms with Gasteiger partial charge < -0.3 is 19.4 Å². The predicted molar refractivity (Wildman–Crippen MR) is 131 cm³/mol. The highest BCUT2D eigenvalue weighted by Crippen LogP contribution is 2.27. The maximum absolute atomic E-state index is 12.9. The van der Waals surface area contributed by atoms with E-state index in [0.29, 0.717) is 29.8 Å². The molecule has 4 aromatic rings. The molecule has 0 radical (unpaired) electrons. The van der Waals surface area contributed by atoms with Crippen LogP contribution in [0.25, 0.3) is 11.5 Å². The molecule has 8 nitrogen and oxygen atoms in total. The van der Waals surface area contributed by atoms with Crippen LogP contribution in [-0.2, 0) is 16.2 Å². The lowest BCUT2D eigenvalue weighted by atomic mass is 10.1. The second kappa shape index (κ2) is 9.80. The summed E-state index contributed by atoms with van der Waals surface area (Å²) in [7, 11) is 0. The Labute approximate surface area is 202 Å². The summed E-state index contributed by atoms with van der Waals surface area (Å²) in [5.41, 5.74) is 3.35. The lowest BCUT2D eigenvalue weighted by Crippen LogP contribution is -2.28. The SMILES string of the molecule is Cc1ccc(N2C[C@H](C(=O)Nc3cccc(OCc4nnc(-c5ccccc5)o4)c3)CC2=O)cc1. The molecule has 0 saturated carbocycles. The number of carbonyl (C=O) groups is 2. The summed E-state index contributed by atoms with van der Waals surface area (Å²) < 4.78 is 11.4. The quantitative estimate of drug-likeness (QED) is 0.425. The number of aromatic nitrogens is 2. The van der Waals surface area contributed by atoms with Crippen LogP contribution in [0.3, 0.4) is 0 Å². The lowest BCUT2D eigenvalue weighted by molar-refractivity contribution is -0.122. The normalized spacial score (nSPS) is 15.3. The molecule has 1 aliphatic heterocycles. The molecule has 1 saturated heterocycles. The molecule has 3 aromatic carbocycles. The van der Waals surface area contributed by atoms with Crippen LogP contribution in [-0.4, -0.2) is 28.6 Å². The third-order valence-electron chi connectivity index (χ3n) is 5.79. The lowest BCUT2D eigenvalue weighted by Gasteiger charge is -2.17. The molecular weight excluding hydrogens is 444 g/mol. The summed E-state index contributed by atoms with van der Waals surface area (Å²) >= 11 is 0. The van der Waals surface area contributed by atoms with Crippen LogP contribution in [0, 0.1) is 12.8 Å². The van der Waals surface area contributed by atoms with Crippen LogP contribution >= 0.6 is 0 Å². The molecule has 0 bridgehead atoms. The second-order valence-electron chi connectivity index (χ2n) is 8.41. The Kier molecular flexibility index (Phi) is 6.26. The predicted octanol–water partition coefficient (Wildman–Crippen LogP) is 4.62. The van der Waals surface area contributed by atoms with Crippen molar-refractivity contribution in [1.29, 1.82) is 0 Å². The van der Waals surface area contributed by atoms with Crippen molar-refractivity contribution < 1.29 is 18.7 Å². The number of ether oxygens (including phenoxy) is 1. The summed E-state index contributed by atoms with van der Waals surface area (Å²) in [6, 6.07) is 24.3. The topological polar surface area (TPSA) is 97.6 Å². The van der Waals surface area contributed by atoms with E-state index in [-0.39, 0.29) is 24.8 Å². The smallest absolute Gasteiger partial charge is 0.254 e. The van der Waals surface area contributed by atoms with Gasteiger partial charge in [-0.1, -0.05) is 42.0 Å². The molecule has 0 aliphatic carbocycles. The number of nitrogens with one attached hydrogen (secondary N) is 1. The van der Waals surface area contributed by atoms with E-state index in [1.165, 1.54) is 0 Å². The summed E-state index contributed by atoms with van der Waals surface area (Å²) in [4.78, 5) is 27.0. The largest absolute Gasteiger partial charge is 0.484 e. The van der Waals surface area contributed by atoms with Gasteiger partial charge in [-0.05, 0) is 43.3 Å². The number of amides is 2. The zero-order chi connectivity index (χ0) is 24.2. The van der Waals surface area contributed by atoms with Crippen molar-refractivity contribution in [3.05, 3.63) is 90.3 Å². The Morgan fingerprint density at radius 2 is 1.86 bits per heavy atom. The molecule has 1 atom stereocenters. The maximum atomic E-state index is 12.9. The van der Waals surface area contributed by atoms with Gasteiger partial charge in [0, 0.05) is 36.0 Å². The summed E-state index contributed by atoms with van der Waals surface area (Å²) in [5.74, 6) is 0.638. The van der Waals surface area contributed by atoms with Gasteiger partial charge in [-0.25, -0.2) is 0 Å². The molecule has 2 heterocycles. The molecule has 1 aromatic heterocycles. The molecule has 2 amide bonds. The van der Waals surface area contributed by atoms with E-state index in [1.807, 2.05) is 61.5 Å². The molecule has 0 unspecified atom stereocenters. The van der Waals surface area contributed by atoms with Crippen LogP contribution in [0.4, 0.5) is 11.4 Å². The maximum Gasteiger partial charge on any atom is 0.254 e. The van der Waals surface area contributed by atoms with E-state index in [0.717, 1.165) is 16.8 Å². The van der Waals surface area contributed by atoms with Crippen LogP contribution in [0.1, 0.15) is 17.9 Å². The minimum absolute atomic E-state index is 0.0551. The van der Waals surface area contributed by atoms with Crippen molar-refractivity contribution in [2.24, 2.45) is 5.92 Å². The number of anilines is 2. The van der Waals surface area contributed by atoms with Crippen molar-refractivity contribution in [3.63, 3.8) is 0 Å². The molecule has 176 valence electrons. The minimum Gasteiger partial charge on any atom is -0.484 e. The first-order valence-electron chi connectivity index (χ1n) is 11.3. The first kappa shape index (κ1) is 22.3. The zero-order valence-electron chi connectivity index (χ0n) is 19.2. The highest BCUT2D eigenvalue weighted by molar-refractivity contribution is 6.03. The van der Waals surface area contributed by atoms with Crippen LogP contribution in [0.5, 0.6) is 5.75 Å². The molecule has 0 spiro atoms. The fourth-order valence-corrected chi connectivity index (χ4v) is 3.92. The van der Waals surface area contributed by atoms with Gasteiger partial charge in [0.2, 0.25) is 17.7 Å². The average molecular weight is 469 g/mol. The number of aryl methyl sites for hydroxylation is 1. The molecule has 8 heteroatoms. The molecule has 1 fully saturated rings. The second-order valence-corrected chi connectivity index (χ2v) is 8.41. The van der Waals surface area contributed by atoms with E-state index in [1.54, 1.807) is 29.2 Å². The van der Waals surface area contributed by atoms with Crippen molar-refractivity contribution in [2.75, 3.05) is 16.8 Å². The number of hydrogen-bond donors (Lipinski definition) is 1. The Hall–Kier alpha value is -4.46. The Morgan fingerprint density at radius 1 is 1.06 bits per heavy atom. The fourth-order valence-electron chi connectivity index (χ4n) is 3.92. The number of hydrogen-bond acceptors (Lipinski definition) is 6. The molecule has 5 rings (SSSR count). The van der Waals surface area contributed by atoms with Gasteiger partial charge in [0.25, 0.3) is 5.89 Å². The Bertz CT molecular complexity index is 1330. The molecule has 1 aliphatic rings. The van der Waals surface area contributed by atoms with E-state index >= 15 is 0 Å². The summed E-state index contributed by atoms with van der Waals surface area (Å²) in [5, 5.41) is 11.0. The van der Waals surface area contributed by atoms with Crippen molar-refractivity contribution in [3.8, 4) is 17.2 Å². The van der Waals surface area contributed by atoms with E-state index in [4.69, 9.17) is 9.15 Å². The van der Waals surface area contributed by atoms with Crippen molar-refractivity contribution in [1.82, 2.24) is 10.2 Å². The number of rotatable bonds is 7. The van der Waals surface area contributed by atoms with E-state index < -0.39 is 5.92 Å². The van der Waals surface area contributed by atoms with Crippen LogP contribution < -0.4 is 15.0 Å². The summed E-state index contributed by atoms with van der Waals surface area (Å²) in [6.07, 6.45) is 0.177. The van der Waals surface area contributed by atoms with Gasteiger partial charge in [0.1, 0.15) is 5.75 Å². The third-order valence-corrected chi connectivity index (χ3v) is 5.79. The number of nitrogens with zero attached hydrogens (tertiary/aromatic N) is 3. The van der Waals surface area contributed by atoms with Crippen LogP contribution in [0.15, 0.2) is 83.3 Å². The van der Waals surface area contributed by atoms with E-state index in [9.17, 15) is 9.59 Å². The standard InChI is InChI=1S/C27H24N4O4/c1-18-10-12-22(13-11-18)31-16-20(14-25(31)32)26(33)28-21-8-5-9-23(15-21)34-17-24-29-30-27(35-24)19-6-3-2-4-7-19/h2-13,15,20H,14,16-17H2,1H3,(H,28,33)/t20-/m1/s1. The van der Waals surface area contributed by atoms with Crippen molar-refractivity contribution in [2.45, 2.75) is 20.0 Å². The Balaban J connectivity index is 1.18. The summed E-state index contributed by atoms with van der Waals surface area (Å²) in [6.45, 7) is 2.44. The number of benzene rings is 3. The minimum atomic E-state index is -0.428. The zero-order valence-corrected chi connectivity index (χ0v) is 19.2. The average Bonchev–Trinajstić information content (AvgIpc) is 3.51. The highest BCUT2D eigenvalue weighted by atomic mass is 16.5. The van der Waals surface area contributed by atoms with Crippen LogP contribution in [0.2, 0.25) is 0 Å². The van der Waals surface area contributed by atoms with Gasteiger partial charge >= 0.3 is 0 Å². The molecular formula is C27H24N4O4. The monoisotopic (exact) mass is 468 g/mol. The van der Waals surface area contributed by atoms with Crippen molar-refractivity contribution >= 4 is 23.2 Å². The third kappa shape index (κ3) is 5.22. The number of carbonyl (C=O) groups excluding carboxylic acids is 2. The van der Waals surface area contributed by atoms with Gasteiger partial charge in [-0.2, -0.15) is 0 Å². The van der Waals surface area contributed by atoms with Gasteiger partial charge in [0.05, 0.1) is 5.92 Å². The highest BCUT2D eigenvalue weighted by Gasteiger charge is 2.35. The fraction of sp³-hybridized carbons (Fsp3) is 0.185. The first-order chi connectivity index (χ1) is 17.0. The van der Waals surface area contributed by atoms with Gasteiger partial charge in [-0.15, -0.1) is 10.2 Å². The van der Waals surface area contributed by atoms with E-state index in [2.05, 4.69) is 15.5 Å². The Morgan fingerprint density at radius 3 is 2.66 bits per heavy atom. The first-order valence-corrected chi connectivity index (χ1v) is 11.3.